The first kappa shape index (κ1) is 14.8. The van der Waals surface area contributed by atoms with Crippen molar-refractivity contribution in [1.82, 2.24) is 5.32 Å². The molecule has 0 spiro atoms. The molecule has 2 N–H and O–H groups in total. The van der Waals surface area contributed by atoms with Crippen molar-refractivity contribution in [3.05, 3.63) is 45.3 Å². The smallest absolute Gasteiger partial charge is 0.342 e. The molecule has 1 aromatic carbocycles. The first-order chi connectivity index (χ1) is 8.97. The first-order valence-electron chi connectivity index (χ1n) is 5.49. The van der Waals surface area contributed by atoms with Crippen molar-refractivity contribution in [3.8, 4) is 0 Å². The number of hydrogen-bond donors (Lipinski definition) is 2. The standard InChI is InChI=1S/C12H13FN2O4/c1-14-5-3-2-4-8-6-11(15(18)19)9(12(16)17)7-10(8)13/h2,4,6-7,14H,3,5H2,1H3,(H,16,17). The minimum absolute atomic E-state index is 0.00666. The van der Waals surface area contributed by atoms with Gasteiger partial charge in [-0.25, -0.2) is 9.18 Å². The first-order valence-corrected chi connectivity index (χ1v) is 5.49. The van der Waals surface area contributed by atoms with E-state index in [1.165, 1.54) is 6.08 Å². The van der Waals surface area contributed by atoms with Gasteiger partial charge in [0.15, 0.2) is 0 Å². The maximum absolute atomic E-state index is 13.6. The third kappa shape index (κ3) is 3.85. The highest BCUT2D eigenvalue weighted by molar-refractivity contribution is 5.92. The normalized spacial score (nSPS) is 10.8. The van der Waals surface area contributed by atoms with Gasteiger partial charge in [0.2, 0.25) is 0 Å². The van der Waals surface area contributed by atoms with E-state index in [9.17, 15) is 19.3 Å². The lowest BCUT2D eigenvalue weighted by molar-refractivity contribution is -0.385. The number of nitro benzene ring substituents is 1. The molecule has 19 heavy (non-hydrogen) atoms. The minimum Gasteiger partial charge on any atom is -0.477 e. The van der Waals surface area contributed by atoms with E-state index in [2.05, 4.69) is 5.32 Å². The monoisotopic (exact) mass is 268 g/mol. The van der Waals surface area contributed by atoms with E-state index >= 15 is 0 Å². The van der Waals surface area contributed by atoms with Crippen LogP contribution in [-0.2, 0) is 0 Å². The van der Waals surface area contributed by atoms with Crippen LogP contribution in [0.15, 0.2) is 18.2 Å². The largest absolute Gasteiger partial charge is 0.477 e. The lowest BCUT2D eigenvalue weighted by Crippen LogP contribution is -2.06. The predicted octanol–water partition coefficient (Wildman–Crippen LogP) is 2.05. The number of hydrogen-bond acceptors (Lipinski definition) is 4. The topological polar surface area (TPSA) is 92.5 Å². The molecule has 7 heteroatoms. The fourth-order valence-electron chi connectivity index (χ4n) is 1.47. The van der Waals surface area contributed by atoms with Gasteiger partial charge in [0.05, 0.1) is 4.92 Å². The number of rotatable bonds is 6. The predicted molar refractivity (Wildman–Crippen MR) is 67.6 cm³/mol. The van der Waals surface area contributed by atoms with Gasteiger partial charge in [0.1, 0.15) is 11.4 Å². The molecule has 6 nitrogen and oxygen atoms in total. The Hall–Kier alpha value is -2.28. The van der Waals surface area contributed by atoms with Crippen LogP contribution in [0, 0.1) is 15.9 Å². The van der Waals surface area contributed by atoms with Crippen LogP contribution in [0.5, 0.6) is 0 Å². The van der Waals surface area contributed by atoms with Crippen molar-refractivity contribution in [2.45, 2.75) is 6.42 Å². The second-order valence-electron chi connectivity index (χ2n) is 3.75. The Bertz CT molecular complexity index is 529. The Labute approximate surface area is 108 Å². The molecule has 0 aliphatic rings. The lowest BCUT2D eigenvalue weighted by Gasteiger charge is -2.02. The Morgan fingerprint density at radius 1 is 1.58 bits per heavy atom. The highest BCUT2D eigenvalue weighted by Gasteiger charge is 2.22. The average Bonchev–Trinajstić information content (AvgIpc) is 2.35. The molecule has 0 aromatic heterocycles. The van der Waals surface area contributed by atoms with E-state index in [4.69, 9.17) is 5.11 Å². The zero-order valence-corrected chi connectivity index (χ0v) is 10.2. The summed E-state index contributed by atoms with van der Waals surface area (Å²) in [5, 5.41) is 22.4. The Kier molecular flexibility index (Phi) is 5.13. The van der Waals surface area contributed by atoms with Crippen LogP contribution < -0.4 is 5.32 Å². The van der Waals surface area contributed by atoms with Gasteiger partial charge >= 0.3 is 5.97 Å². The van der Waals surface area contributed by atoms with Crippen LogP contribution in [-0.4, -0.2) is 29.6 Å². The van der Waals surface area contributed by atoms with Crippen LogP contribution in [0.25, 0.3) is 6.08 Å². The number of nitrogens with one attached hydrogen (secondary N) is 1. The van der Waals surface area contributed by atoms with Gasteiger partial charge in [0, 0.05) is 11.6 Å². The molecule has 1 aromatic rings. The van der Waals surface area contributed by atoms with Crippen molar-refractivity contribution >= 4 is 17.7 Å². The molecular formula is C12H13FN2O4. The Morgan fingerprint density at radius 3 is 2.79 bits per heavy atom. The molecule has 0 bridgehead atoms. The number of benzene rings is 1. The Balaban J connectivity index is 3.14. The van der Waals surface area contributed by atoms with Gasteiger partial charge in [-0.2, -0.15) is 0 Å². The zero-order chi connectivity index (χ0) is 14.4. The van der Waals surface area contributed by atoms with Crippen LogP contribution in [0.2, 0.25) is 0 Å². The van der Waals surface area contributed by atoms with Crippen LogP contribution in [0.3, 0.4) is 0 Å². The summed E-state index contributed by atoms with van der Waals surface area (Å²) in [5.41, 5.74) is -1.29. The van der Waals surface area contributed by atoms with E-state index < -0.39 is 28.0 Å². The molecule has 0 heterocycles. The van der Waals surface area contributed by atoms with Crippen molar-refractivity contribution in [2.24, 2.45) is 0 Å². The summed E-state index contributed by atoms with van der Waals surface area (Å²) in [6, 6.07) is 1.59. The number of carboxylic acids is 1. The molecule has 102 valence electrons. The number of nitro groups is 1. The van der Waals surface area contributed by atoms with Gasteiger partial charge in [-0.15, -0.1) is 0 Å². The SMILES string of the molecule is CNCCC=Cc1cc([N+](=O)[O-])c(C(=O)O)cc1F. The quantitative estimate of drug-likeness (QED) is 0.468. The summed E-state index contributed by atoms with van der Waals surface area (Å²) in [6.07, 6.45) is 3.68. The number of halogens is 1. The maximum atomic E-state index is 13.6. The molecule has 0 unspecified atom stereocenters. The molecule has 0 fully saturated rings. The molecule has 0 amide bonds. The summed E-state index contributed by atoms with van der Waals surface area (Å²) < 4.78 is 13.6. The molecule has 0 saturated heterocycles. The van der Waals surface area contributed by atoms with Crippen molar-refractivity contribution in [3.63, 3.8) is 0 Å². The molecular weight excluding hydrogens is 255 g/mol. The lowest BCUT2D eigenvalue weighted by atomic mass is 10.1. The third-order valence-electron chi connectivity index (χ3n) is 2.40. The summed E-state index contributed by atoms with van der Waals surface area (Å²) in [4.78, 5) is 20.7. The summed E-state index contributed by atoms with van der Waals surface area (Å²) in [7, 11) is 1.76. The zero-order valence-electron chi connectivity index (χ0n) is 10.2. The average molecular weight is 268 g/mol. The Morgan fingerprint density at radius 2 is 2.26 bits per heavy atom. The van der Waals surface area contributed by atoms with E-state index in [0.29, 0.717) is 19.0 Å². The fourth-order valence-corrected chi connectivity index (χ4v) is 1.47. The summed E-state index contributed by atoms with van der Waals surface area (Å²) >= 11 is 0. The minimum atomic E-state index is -1.53. The van der Waals surface area contributed by atoms with Gasteiger partial charge in [-0.3, -0.25) is 10.1 Å². The van der Waals surface area contributed by atoms with Crippen LogP contribution in [0.1, 0.15) is 22.3 Å². The fraction of sp³-hybridized carbons (Fsp3) is 0.250. The third-order valence-corrected chi connectivity index (χ3v) is 2.40. The molecule has 1 rings (SSSR count). The molecule has 0 radical (unpaired) electrons. The summed E-state index contributed by atoms with van der Waals surface area (Å²) in [5.74, 6) is -2.33. The number of nitrogens with zero attached hydrogens (tertiary/aromatic N) is 1. The van der Waals surface area contributed by atoms with E-state index in [-0.39, 0.29) is 5.56 Å². The number of carboxylic acid groups (broad SMARTS) is 1. The van der Waals surface area contributed by atoms with E-state index in [0.717, 1.165) is 6.07 Å². The highest BCUT2D eigenvalue weighted by Crippen LogP contribution is 2.24. The van der Waals surface area contributed by atoms with Crippen LogP contribution in [0.4, 0.5) is 10.1 Å². The molecule has 0 atom stereocenters. The van der Waals surface area contributed by atoms with Gasteiger partial charge in [-0.1, -0.05) is 12.2 Å². The van der Waals surface area contributed by atoms with Gasteiger partial charge in [0.25, 0.3) is 5.69 Å². The molecule has 0 aliphatic carbocycles. The maximum Gasteiger partial charge on any atom is 0.342 e. The second-order valence-corrected chi connectivity index (χ2v) is 3.75. The van der Waals surface area contributed by atoms with Crippen LogP contribution >= 0.6 is 0 Å². The van der Waals surface area contributed by atoms with E-state index in [1.54, 1.807) is 13.1 Å². The van der Waals surface area contributed by atoms with Crippen molar-refractivity contribution in [1.29, 1.82) is 0 Å². The number of aromatic carboxylic acids is 1. The molecule has 0 aliphatic heterocycles. The molecule has 0 saturated carbocycles. The van der Waals surface area contributed by atoms with E-state index in [1.807, 2.05) is 0 Å². The van der Waals surface area contributed by atoms with Gasteiger partial charge in [-0.05, 0) is 26.1 Å². The highest BCUT2D eigenvalue weighted by atomic mass is 19.1. The second kappa shape index (κ2) is 6.60. The van der Waals surface area contributed by atoms with Gasteiger partial charge < -0.3 is 10.4 Å². The van der Waals surface area contributed by atoms with Crippen molar-refractivity contribution < 1.29 is 19.2 Å². The number of carbonyl (C=O) groups is 1. The van der Waals surface area contributed by atoms with Crippen molar-refractivity contribution in [2.75, 3.05) is 13.6 Å². The summed E-state index contributed by atoms with van der Waals surface area (Å²) in [6.45, 7) is 0.688.